The molecular weight excluding hydrogens is 412 g/mol. The van der Waals surface area contributed by atoms with Crippen molar-refractivity contribution in [2.45, 2.75) is 78.2 Å². The molecule has 5 heteroatoms. The van der Waals surface area contributed by atoms with E-state index in [9.17, 15) is 14.7 Å². The Labute approximate surface area is 196 Å². The third-order valence-electron chi connectivity index (χ3n) is 6.24. The molecule has 0 aliphatic carbocycles. The Bertz CT molecular complexity index is 1090. The van der Waals surface area contributed by atoms with E-state index < -0.39 is 5.97 Å². The number of unbranched alkanes of at least 4 members (excludes halogenated alkanes) is 5. The highest BCUT2D eigenvalue weighted by atomic mass is 16.4. The minimum Gasteiger partial charge on any atom is -0.478 e. The fraction of sp³-hybridized carbons (Fsp3) is 0.429. The molecule has 2 N–H and O–H groups in total. The van der Waals surface area contributed by atoms with Gasteiger partial charge in [-0.2, -0.15) is 0 Å². The van der Waals surface area contributed by atoms with Gasteiger partial charge in [0.25, 0.3) is 0 Å². The summed E-state index contributed by atoms with van der Waals surface area (Å²) in [4.78, 5) is 27.4. The van der Waals surface area contributed by atoms with Gasteiger partial charge in [0, 0.05) is 24.4 Å². The Morgan fingerprint density at radius 1 is 0.909 bits per heavy atom. The molecule has 0 aliphatic heterocycles. The maximum atomic E-state index is 12.7. The van der Waals surface area contributed by atoms with E-state index in [0.717, 1.165) is 61.2 Å². The maximum Gasteiger partial charge on any atom is 0.336 e. The Kier molecular flexibility index (Phi) is 9.11. The number of H-pyrrole nitrogens is 1. The number of aromatic amines is 1. The first-order valence-corrected chi connectivity index (χ1v) is 12.3. The largest absolute Gasteiger partial charge is 0.478 e. The van der Waals surface area contributed by atoms with Crippen molar-refractivity contribution < 1.29 is 9.90 Å². The van der Waals surface area contributed by atoms with Crippen molar-refractivity contribution in [1.82, 2.24) is 9.55 Å². The average Bonchev–Trinajstić information content (AvgIpc) is 3.11. The van der Waals surface area contributed by atoms with Crippen LogP contribution in [0.25, 0.3) is 11.1 Å². The molecule has 1 heterocycles. The molecule has 2 aromatic carbocycles. The number of carboxylic acid groups (broad SMARTS) is 1. The molecule has 0 amide bonds. The minimum atomic E-state index is -0.925. The summed E-state index contributed by atoms with van der Waals surface area (Å²) in [6.45, 7) is 5.12. The van der Waals surface area contributed by atoms with Crippen LogP contribution in [-0.4, -0.2) is 20.6 Å². The van der Waals surface area contributed by atoms with Crippen molar-refractivity contribution in [1.29, 1.82) is 0 Å². The predicted octanol–water partition coefficient (Wildman–Crippen LogP) is 6.45. The zero-order valence-electron chi connectivity index (χ0n) is 19.9. The van der Waals surface area contributed by atoms with Crippen molar-refractivity contribution in [2.24, 2.45) is 0 Å². The molecule has 0 fully saturated rings. The molecule has 176 valence electrons. The standard InChI is InChI=1S/C28H36N2O3/c1-3-5-7-8-14-25-26(30(28(33)29-25)19-11-6-4-2)20-21-15-17-22(18-16-21)23-12-9-10-13-24(23)27(31)32/h9-10,12-13,15-18H,3-8,11,14,19-20H2,1-2H3,(H,29,33)(H,31,32). The van der Waals surface area contributed by atoms with E-state index in [1.807, 2.05) is 41.0 Å². The van der Waals surface area contributed by atoms with E-state index in [4.69, 9.17) is 0 Å². The summed E-state index contributed by atoms with van der Waals surface area (Å²) in [5.74, 6) is -0.925. The fourth-order valence-electron chi connectivity index (χ4n) is 4.36. The monoisotopic (exact) mass is 448 g/mol. The number of benzene rings is 2. The van der Waals surface area contributed by atoms with E-state index in [1.54, 1.807) is 12.1 Å². The molecule has 1 aromatic heterocycles. The van der Waals surface area contributed by atoms with Crippen LogP contribution in [0.3, 0.4) is 0 Å². The van der Waals surface area contributed by atoms with Gasteiger partial charge >= 0.3 is 11.7 Å². The van der Waals surface area contributed by atoms with Gasteiger partial charge < -0.3 is 10.1 Å². The zero-order chi connectivity index (χ0) is 23.6. The number of rotatable bonds is 13. The van der Waals surface area contributed by atoms with Crippen molar-refractivity contribution >= 4 is 5.97 Å². The lowest BCUT2D eigenvalue weighted by Gasteiger charge is -2.11. The molecule has 0 bridgehead atoms. The van der Waals surface area contributed by atoms with Gasteiger partial charge in [0.05, 0.1) is 5.56 Å². The molecule has 5 nitrogen and oxygen atoms in total. The van der Waals surface area contributed by atoms with Gasteiger partial charge in [-0.15, -0.1) is 0 Å². The number of hydrogen-bond acceptors (Lipinski definition) is 2. The summed E-state index contributed by atoms with van der Waals surface area (Å²) in [5.41, 5.74) is 5.16. The quantitative estimate of drug-likeness (QED) is 0.295. The van der Waals surface area contributed by atoms with Crippen molar-refractivity contribution in [3.8, 4) is 11.1 Å². The number of nitrogens with zero attached hydrogens (tertiary/aromatic N) is 1. The van der Waals surface area contributed by atoms with E-state index in [0.29, 0.717) is 17.5 Å². The van der Waals surface area contributed by atoms with Gasteiger partial charge in [-0.25, -0.2) is 9.59 Å². The Hall–Kier alpha value is -3.08. The van der Waals surface area contributed by atoms with Gasteiger partial charge in [-0.3, -0.25) is 4.57 Å². The highest BCUT2D eigenvalue weighted by Crippen LogP contribution is 2.25. The SMILES string of the molecule is CCCCCCc1[nH]c(=O)n(CCCCC)c1Cc1ccc(-c2ccccc2C(=O)O)cc1. The van der Waals surface area contributed by atoms with E-state index >= 15 is 0 Å². The summed E-state index contributed by atoms with van der Waals surface area (Å²) in [7, 11) is 0. The zero-order valence-corrected chi connectivity index (χ0v) is 19.9. The maximum absolute atomic E-state index is 12.7. The van der Waals surface area contributed by atoms with Crippen molar-refractivity contribution in [3.05, 3.63) is 81.5 Å². The smallest absolute Gasteiger partial charge is 0.336 e. The molecule has 33 heavy (non-hydrogen) atoms. The van der Waals surface area contributed by atoms with Crippen LogP contribution in [0.4, 0.5) is 0 Å². The molecule has 0 saturated carbocycles. The third-order valence-corrected chi connectivity index (χ3v) is 6.24. The van der Waals surface area contributed by atoms with Crippen LogP contribution in [0.5, 0.6) is 0 Å². The molecule has 0 spiro atoms. The number of carbonyl (C=O) groups is 1. The second kappa shape index (κ2) is 12.2. The van der Waals surface area contributed by atoms with Crippen LogP contribution in [0.1, 0.15) is 86.1 Å². The normalized spacial score (nSPS) is 11.1. The number of aryl methyl sites for hydroxylation is 1. The van der Waals surface area contributed by atoms with Crippen LogP contribution >= 0.6 is 0 Å². The molecule has 0 atom stereocenters. The lowest BCUT2D eigenvalue weighted by Crippen LogP contribution is -2.19. The summed E-state index contributed by atoms with van der Waals surface area (Å²) in [6, 6.07) is 15.1. The Morgan fingerprint density at radius 3 is 2.30 bits per heavy atom. The Morgan fingerprint density at radius 2 is 1.61 bits per heavy atom. The van der Waals surface area contributed by atoms with Crippen molar-refractivity contribution in [2.75, 3.05) is 0 Å². The van der Waals surface area contributed by atoms with E-state index in [2.05, 4.69) is 18.8 Å². The van der Waals surface area contributed by atoms with E-state index in [1.165, 1.54) is 19.3 Å². The van der Waals surface area contributed by atoms with Gasteiger partial charge in [0.1, 0.15) is 0 Å². The lowest BCUT2D eigenvalue weighted by atomic mass is 9.97. The summed E-state index contributed by atoms with van der Waals surface area (Å²) >= 11 is 0. The summed E-state index contributed by atoms with van der Waals surface area (Å²) in [5, 5.41) is 9.50. The van der Waals surface area contributed by atoms with Crippen LogP contribution in [-0.2, 0) is 19.4 Å². The third kappa shape index (κ3) is 6.47. The van der Waals surface area contributed by atoms with Crippen molar-refractivity contribution in [3.63, 3.8) is 0 Å². The summed E-state index contributed by atoms with van der Waals surface area (Å²) < 4.78 is 1.93. The lowest BCUT2D eigenvalue weighted by molar-refractivity contribution is 0.0697. The number of imidazole rings is 1. The summed E-state index contributed by atoms with van der Waals surface area (Å²) in [6.07, 6.45) is 9.50. The first-order chi connectivity index (χ1) is 16.0. The van der Waals surface area contributed by atoms with Gasteiger partial charge in [-0.1, -0.05) is 88.4 Å². The number of hydrogen-bond donors (Lipinski definition) is 2. The first-order valence-electron chi connectivity index (χ1n) is 12.3. The van der Waals surface area contributed by atoms with Crippen LogP contribution in [0.15, 0.2) is 53.3 Å². The highest BCUT2D eigenvalue weighted by molar-refractivity contribution is 5.95. The molecular formula is C28H36N2O3. The molecule has 0 saturated heterocycles. The molecule has 3 rings (SSSR count). The Balaban J connectivity index is 1.85. The second-order valence-corrected chi connectivity index (χ2v) is 8.75. The predicted molar refractivity (Wildman–Crippen MR) is 134 cm³/mol. The van der Waals surface area contributed by atoms with Gasteiger partial charge in [-0.05, 0) is 42.0 Å². The number of aromatic nitrogens is 2. The molecule has 3 aromatic rings. The highest BCUT2D eigenvalue weighted by Gasteiger charge is 2.15. The first kappa shape index (κ1) is 24.6. The average molecular weight is 449 g/mol. The minimum absolute atomic E-state index is 0.00130. The number of nitrogens with one attached hydrogen (secondary N) is 1. The molecule has 0 unspecified atom stereocenters. The van der Waals surface area contributed by atoms with Crippen LogP contribution < -0.4 is 5.69 Å². The van der Waals surface area contributed by atoms with E-state index in [-0.39, 0.29) is 5.69 Å². The number of aromatic carboxylic acids is 1. The topological polar surface area (TPSA) is 75.1 Å². The van der Waals surface area contributed by atoms with Crippen LogP contribution in [0.2, 0.25) is 0 Å². The van der Waals surface area contributed by atoms with Gasteiger partial charge in [0.2, 0.25) is 0 Å². The molecule has 0 aliphatic rings. The van der Waals surface area contributed by atoms with Gasteiger partial charge in [0.15, 0.2) is 0 Å². The fourth-order valence-corrected chi connectivity index (χ4v) is 4.36. The second-order valence-electron chi connectivity index (χ2n) is 8.75. The molecule has 0 radical (unpaired) electrons. The van der Waals surface area contributed by atoms with Crippen LogP contribution in [0, 0.1) is 0 Å². The number of carboxylic acids is 1.